The van der Waals surface area contributed by atoms with E-state index in [1.54, 1.807) is 12.1 Å². The van der Waals surface area contributed by atoms with Crippen molar-refractivity contribution in [2.75, 3.05) is 25.6 Å². The summed E-state index contributed by atoms with van der Waals surface area (Å²) in [4.78, 5) is 2.09. The summed E-state index contributed by atoms with van der Waals surface area (Å²) in [7, 11) is -0.958. The molecule has 18 heavy (non-hydrogen) atoms. The zero-order valence-electron chi connectivity index (χ0n) is 10.8. The third-order valence-electron chi connectivity index (χ3n) is 3.52. The predicted molar refractivity (Wildman–Crippen MR) is 71.5 cm³/mol. The summed E-state index contributed by atoms with van der Waals surface area (Å²) in [6.07, 6.45) is 3.19. The van der Waals surface area contributed by atoms with Crippen LogP contribution in [-0.2, 0) is 16.3 Å². The van der Waals surface area contributed by atoms with Crippen LogP contribution in [0.4, 0.5) is 0 Å². The van der Waals surface area contributed by atoms with E-state index in [0.29, 0.717) is 12.3 Å². The number of hydrogen-bond acceptors (Lipinski definition) is 4. The van der Waals surface area contributed by atoms with Gasteiger partial charge in [-0.05, 0) is 43.1 Å². The van der Waals surface area contributed by atoms with Gasteiger partial charge in [-0.1, -0.05) is 6.07 Å². The van der Waals surface area contributed by atoms with Crippen molar-refractivity contribution in [3.05, 3.63) is 29.3 Å². The molecular weight excluding hydrogens is 250 g/mol. The summed E-state index contributed by atoms with van der Waals surface area (Å²) in [5.41, 5.74) is 2.38. The molecule has 1 aliphatic rings. The van der Waals surface area contributed by atoms with Gasteiger partial charge in [0.1, 0.15) is 15.6 Å². The number of benzene rings is 1. The molecule has 0 saturated carbocycles. The molecule has 0 radical (unpaired) electrons. The molecule has 0 amide bonds. The maximum Gasteiger partial charge on any atom is 0.148 e. The van der Waals surface area contributed by atoms with E-state index >= 15 is 0 Å². The molecule has 1 aromatic carbocycles. The first-order chi connectivity index (χ1) is 8.37. The van der Waals surface area contributed by atoms with Crippen molar-refractivity contribution < 1.29 is 13.5 Å². The fourth-order valence-corrected chi connectivity index (χ4v) is 3.12. The average molecular weight is 269 g/mol. The Morgan fingerprint density at radius 2 is 2.17 bits per heavy atom. The Hall–Kier alpha value is -1.07. The maximum atomic E-state index is 11.2. The number of hydrogen-bond donors (Lipinski definition) is 1. The Labute approximate surface area is 108 Å². The van der Waals surface area contributed by atoms with Crippen LogP contribution < -0.4 is 0 Å². The highest BCUT2D eigenvalue weighted by Crippen LogP contribution is 2.36. The minimum atomic E-state index is -2.91. The van der Waals surface area contributed by atoms with Gasteiger partial charge in [0, 0.05) is 18.8 Å². The molecule has 0 bridgehead atoms. The van der Waals surface area contributed by atoms with Crippen LogP contribution >= 0.6 is 0 Å². The number of rotatable bonds is 4. The molecule has 0 fully saturated rings. The summed E-state index contributed by atoms with van der Waals surface area (Å²) in [6, 6.07) is 5.71. The van der Waals surface area contributed by atoms with Crippen molar-refractivity contribution in [1.82, 2.24) is 4.90 Å². The van der Waals surface area contributed by atoms with Gasteiger partial charge in [-0.25, -0.2) is 8.42 Å². The van der Waals surface area contributed by atoms with Gasteiger partial charge in [-0.15, -0.1) is 0 Å². The highest BCUT2D eigenvalue weighted by molar-refractivity contribution is 7.90. The Balaban J connectivity index is 2.09. The van der Waals surface area contributed by atoms with E-state index in [4.69, 9.17) is 0 Å². The largest absolute Gasteiger partial charge is 0.508 e. The Morgan fingerprint density at radius 3 is 2.83 bits per heavy atom. The van der Waals surface area contributed by atoms with Crippen molar-refractivity contribution in [2.24, 2.45) is 0 Å². The Bertz CT molecular complexity index is 539. The monoisotopic (exact) mass is 269 g/mol. The number of sulfone groups is 1. The molecule has 100 valence electrons. The zero-order valence-corrected chi connectivity index (χ0v) is 11.6. The third kappa shape index (κ3) is 3.03. The van der Waals surface area contributed by atoms with Crippen LogP contribution in [0.25, 0.3) is 0 Å². The van der Waals surface area contributed by atoms with Crippen LogP contribution in [0.15, 0.2) is 18.2 Å². The number of aryl methyl sites for hydroxylation is 1. The molecule has 4 nitrogen and oxygen atoms in total. The molecule has 1 N–H and O–H groups in total. The van der Waals surface area contributed by atoms with Gasteiger partial charge in [0.15, 0.2) is 0 Å². The van der Waals surface area contributed by atoms with Gasteiger partial charge < -0.3 is 5.11 Å². The quantitative estimate of drug-likeness (QED) is 0.896. The highest BCUT2D eigenvalue weighted by Gasteiger charge is 2.26. The van der Waals surface area contributed by atoms with Gasteiger partial charge >= 0.3 is 0 Å². The van der Waals surface area contributed by atoms with Crippen LogP contribution in [0, 0.1) is 0 Å². The average Bonchev–Trinajstić information content (AvgIpc) is 2.67. The minimum Gasteiger partial charge on any atom is -0.508 e. The molecule has 1 atom stereocenters. The summed E-state index contributed by atoms with van der Waals surface area (Å²) in [6.45, 7) is 0.545. The van der Waals surface area contributed by atoms with Gasteiger partial charge in [-0.2, -0.15) is 0 Å². The normalized spacial score (nSPS) is 19.2. The van der Waals surface area contributed by atoms with Crippen LogP contribution in [0.3, 0.4) is 0 Å². The summed E-state index contributed by atoms with van der Waals surface area (Å²) >= 11 is 0. The van der Waals surface area contributed by atoms with Crippen molar-refractivity contribution in [1.29, 1.82) is 0 Å². The first-order valence-corrected chi connectivity index (χ1v) is 8.12. The van der Waals surface area contributed by atoms with Gasteiger partial charge in [0.05, 0.1) is 5.75 Å². The van der Waals surface area contributed by atoms with Crippen LogP contribution in [-0.4, -0.2) is 44.0 Å². The summed E-state index contributed by atoms with van der Waals surface area (Å²) in [5, 5.41) is 9.44. The Kier molecular flexibility index (Phi) is 3.64. The second-order valence-corrected chi connectivity index (χ2v) is 7.31. The van der Waals surface area contributed by atoms with Crippen molar-refractivity contribution in [3.8, 4) is 5.75 Å². The summed E-state index contributed by atoms with van der Waals surface area (Å²) in [5.74, 6) is 0.487. The van der Waals surface area contributed by atoms with E-state index in [9.17, 15) is 13.5 Å². The topological polar surface area (TPSA) is 57.6 Å². The van der Waals surface area contributed by atoms with Gasteiger partial charge in [0.25, 0.3) is 0 Å². The molecule has 1 aromatic rings. The molecule has 0 aliphatic heterocycles. The number of fused-ring (bicyclic) bond motifs is 1. The lowest BCUT2D eigenvalue weighted by Crippen LogP contribution is -2.28. The first-order valence-electron chi connectivity index (χ1n) is 6.06. The van der Waals surface area contributed by atoms with E-state index in [1.807, 2.05) is 13.1 Å². The van der Waals surface area contributed by atoms with E-state index in [0.717, 1.165) is 12.8 Å². The van der Waals surface area contributed by atoms with Crippen LogP contribution in [0.1, 0.15) is 23.6 Å². The van der Waals surface area contributed by atoms with Crippen LogP contribution in [0.2, 0.25) is 0 Å². The smallest absolute Gasteiger partial charge is 0.148 e. The van der Waals surface area contributed by atoms with Crippen molar-refractivity contribution >= 4 is 9.84 Å². The fourth-order valence-electron chi connectivity index (χ4n) is 2.50. The lowest BCUT2D eigenvalue weighted by atomic mass is 10.1. The molecule has 1 unspecified atom stereocenters. The van der Waals surface area contributed by atoms with Gasteiger partial charge in [-0.3, -0.25) is 4.90 Å². The maximum absolute atomic E-state index is 11.2. The number of nitrogens with zero attached hydrogens (tertiary/aromatic N) is 1. The molecular formula is C13H19NO3S. The molecule has 5 heteroatoms. The highest BCUT2D eigenvalue weighted by atomic mass is 32.2. The molecule has 0 saturated heterocycles. The second kappa shape index (κ2) is 4.90. The SMILES string of the molecule is CN(CCS(C)(=O)=O)C1CCc2cc(O)ccc21. The lowest BCUT2D eigenvalue weighted by Gasteiger charge is -2.24. The van der Waals surface area contributed by atoms with E-state index in [1.165, 1.54) is 17.4 Å². The fraction of sp³-hybridized carbons (Fsp3) is 0.538. The third-order valence-corrected chi connectivity index (χ3v) is 4.44. The molecule has 0 aromatic heterocycles. The number of aromatic hydroxyl groups is 1. The summed E-state index contributed by atoms with van der Waals surface area (Å²) < 4.78 is 22.4. The Morgan fingerprint density at radius 1 is 1.44 bits per heavy atom. The van der Waals surface area contributed by atoms with Crippen molar-refractivity contribution in [3.63, 3.8) is 0 Å². The number of phenolic OH excluding ortho intramolecular Hbond substituents is 1. The lowest BCUT2D eigenvalue weighted by molar-refractivity contribution is 0.258. The zero-order chi connectivity index (χ0) is 13.3. The van der Waals surface area contributed by atoms with Gasteiger partial charge in [0.2, 0.25) is 0 Å². The van der Waals surface area contributed by atoms with Crippen LogP contribution in [0.5, 0.6) is 5.75 Å². The minimum absolute atomic E-state index is 0.188. The standard InChI is InChI=1S/C13H19NO3S/c1-14(7-8-18(2,16)17)13-6-3-10-9-11(15)4-5-12(10)13/h4-5,9,13,15H,3,6-8H2,1-2H3. The van der Waals surface area contributed by atoms with Crippen molar-refractivity contribution in [2.45, 2.75) is 18.9 Å². The number of phenols is 1. The van der Waals surface area contributed by atoms with E-state index in [-0.39, 0.29) is 11.8 Å². The first kappa shape index (κ1) is 13.4. The second-order valence-electron chi connectivity index (χ2n) is 5.05. The molecule has 0 spiro atoms. The molecule has 2 rings (SSSR count). The van der Waals surface area contributed by atoms with E-state index < -0.39 is 9.84 Å². The van der Waals surface area contributed by atoms with E-state index in [2.05, 4.69) is 4.90 Å². The molecule has 1 aliphatic carbocycles. The predicted octanol–water partition coefficient (Wildman–Crippen LogP) is 1.36. The molecule has 0 heterocycles.